The summed E-state index contributed by atoms with van der Waals surface area (Å²) in [7, 11) is 1.62. The minimum atomic E-state index is -0.278. The largest absolute Gasteiger partial charge is 0.497 e. The molecule has 0 aliphatic carbocycles. The number of carbonyl (C=O) groups excluding carboxylic acids is 1. The van der Waals surface area contributed by atoms with Crippen molar-refractivity contribution >= 4 is 18.3 Å². The fourth-order valence-corrected chi connectivity index (χ4v) is 2.27. The zero-order valence-corrected chi connectivity index (χ0v) is 15.1. The van der Waals surface area contributed by atoms with Crippen LogP contribution >= 0.6 is 12.4 Å². The van der Waals surface area contributed by atoms with Gasteiger partial charge in [0, 0.05) is 25.1 Å². The van der Waals surface area contributed by atoms with E-state index in [0.717, 1.165) is 23.5 Å². The number of hydrogen-bond donors (Lipinski definition) is 2. The van der Waals surface area contributed by atoms with Crippen LogP contribution in [0.5, 0.6) is 11.5 Å². The number of benzene rings is 2. The lowest BCUT2D eigenvalue weighted by Crippen LogP contribution is -2.29. The number of hydrogen-bond acceptors (Lipinski definition) is 4. The Balaban J connectivity index is 0.00000312. The van der Waals surface area contributed by atoms with Gasteiger partial charge in [0.25, 0.3) is 0 Å². The van der Waals surface area contributed by atoms with Crippen molar-refractivity contribution < 1.29 is 14.3 Å². The van der Waals surface area contributed by atoms with Crippen molar-refractivity contribution in [2.75, 3.05) is 20.3 Å². The van der Waals surface area contributed by atoms with Crippen LogP contribution in [0.25, 0.3) is 0 Å². The third-order valence-electron chi connectivity index (χ3n) is 3.59. The minimum absolute atomic E-state index is 0. The molecule has 136 valence electrons. The van der Waals surface area contributed by atoms with E-state index in [9.17, 15) is 4.79 Å². The van der Waals surface area contributed by atoms with E-state index in [1.807, 2.05) is 54.6 Å². The van der Waals surface area contributed by atoms with Gasteiger partial charge in [-0.2, -0.15) is 0 Å². The molecule has 2 aromatic rings. The number of methoxy groups -OCH3 is 1. The van der Waals surface area contributed by atoms with Crippen LogP contribution in [0.2, 0.25) is 0 Å². The molecule has 0 bridgehead atoms. The molecule has 1 amide bonds. The summed E-state index contributed by atoms with van der Waals surface area (Å²) in [6, 6.07) is 16.8. The van der Waals surface area contributed by atoms with Crippen LogP contribution in [-0.2, 0) is 4.79 Å². The zero-order chi connectivity index (χ0) is 17.2. The maximum Gasteiger partial charge on any atom is 0.221 e. The Morgan fingerprint density at radius 1 is 1.12 bits per heavy atom. The van der Waals surface area contributed by atoms with E-state index in [0.29, 0.717) is 13.2 Å². The summed E-state index contributed by atoms with van der Waals surface area (Å²) in [6.07, 6.45) is 1.00. The van der Waals surface area contributed by atoms with Gasteiger partial charge in [0.1, 0.15) is 11.5 Å². The normalized spacial score (nSPS) is 11.1. The summed E-state index contributed by atoms with van der Waals surface area (Å²) in [6.45, 7) is 1.09. The van der Waals surface area contributed by atoms with Gasteiger partial charge in [-0.25, -0.2) is 0 Å². The molecule has 25 heavy (non-hydrogen) atoms. The van der Waals surface area contributed by atoms with Crippen LogP contribution in [0.1, 0.15) is 24.4 Å². The first-order chi connectivity index (χ1) is 11.7. The molecule has 2 rings (SSSR count). The van der Waals surface area contributed by atoms with Gasteiger partial charge in [-0.15, -0.1) is 12.4 Å². The molecule has 1 atom stereocenters. The van der Waals surface area contributed by atoms with E-state index in [1.165, 1.54) is 0 Å². The molecule has 5 nitrogen and oxygen atoms in total. The Kier molecular flexibility index (Phi) is 9.43. The molecule has 2 aromatic carbocycles. The number of amides is 1. The lowest BCUT2D eigenvalue weighted by molar-refractivity contribution is -0.121. The SMILES string of the molecule is COc1cccc(OCCCNC(=O)CC(N)c2ccccc2)c1.Cl. The molecule has 6 heteroatoms. The van der Waals surface area contributed by atoms with Gasteiger partial charge in [-0.05, 0) is 24.1 Å². The molecule has 0 heterocycles. The number of ether oxygens (including phenoxy) is 2. The van der Waals surface area contributed by atoms with E-state index < -0.39 is 0 Å². The smallest absolute Gasteiger partial charge is 0.221 e. The van der Waals surface area contributed by atoms with E-state index in [-0.39, 0.29) is 30.8 Å². The molecule has 0 saturated heterocycles. The topological polar surface area (TPSA) is 73.6 Å². The lowest BCUT2D eigenvalue weighted by atomic mass is 10.0. The Labute approximate surface area is 154 Å². The second-order valence-electron chi connectivity index (χ2n) is 5.45. The molecule has 0 aromatic heterocycles. The van der Waals surface area contributed by atoms with Crippen molar-refractivity contribution in [1.29, 1.82) is 0 Å². The summed E-state index contributed by atoms with van der Waals surface area (Å²) in [4.78, 5) is 11.9. The van der Waals surface area contributed by atoms with E-state index >= 15 is 0 Å². The summed E-state index contributed by atoms with van der Waals surface area (Å²) >= 11 is 0. The number of rotatable bonds is 9. The van der Waals surface area contributed by atoms with Crippen LogP contribution in [0, 0.1) is 0 Å². The average molecular weight is 365 g/mol. The Bertz CT molecular complexity index is 638. The fraction of sp³-hybridized carbons (Fsp3) is 0.316. The summed E-state index contributed by atoms with van der Waals surface area (Å²) in [5, 5.41) is 2.87. The summed E-state index contributed by atoms with van der Waals surface area (Å²) in [5.41, 5.74) is 7.00. The highest BCUT2D eigenvalue weighted by molar-refractivity contribution is 5.85. The highest BCUT2D eigenvalue weighted by Crippen LogP contribution is 2.18. The van der Waals surface area contributed by atoms with Crippen molar-refractivity contribution in [3.8, 4) is 11.5 Å². The minimum Gasteiger partial charge on any atom is -0.497 e. The molecule has 0 saturated carbocycles. The van der Waals surface area contributed by atoms with Gasteiger partial charge in [-0.1, -0.05) is 36.4 Å². The second-order valence-corrected chi connectivity index (χ2v) is 5.45. The van der Waals surface area contributed by atoms with Gasteiger partial charge in [0.2, 0.25) is 5.91 Å². The van der Waals surface area contributed by atoms with E-state index in [4.69, 9.17) is 15.2 Å². The van der Waals surface area contributed by atoms with Crippen molar-refractivity contribution in [3.05, 3.63) is 60.2 Å². The second kappa shape index (κ2) is 11.3. The van der Waals surface area contributed by atoms with Crippen molar-refractivity contribution in [2.45, 2.75) is 18.9 Å². The first kappa shape index (κ1) is 20.8. The summed E-state index contributed by atoms with van der Waals surface area (Å²) < 4.78 is 10.8. The van der Waals surface area contributed by atoms with E-state index in [1.54, 1.807) is 7.11 Å². The Hall–Kier alpha value is -2.24. The molecule has 0 radical (unpaired) electrons. The van der Waals surface area contributed by atoms with Gasteiger partial charge < -0.3 is 20.5 Å². The van der Waals surface area contributed by atoms with Crippen LogP contribution in [0.3, 0.4) is 0 Å². The number of carbonyl (C=O) groups is 1. The first-order valence-corrected chi connectivity index (χ1v) is 8.03. The van der Waals surface area contributed by atoms with Crippen LogP contribution < -0.4 is 20.5 Å². The van der Waals surface area contributed by atoms with Gasteiger partial charge in [0.05, 0.1) is 13.7 Å². The van der Waals surface area contributed by atoms with Gasteiger partial charge in [-0.3, -0.25) is 4.79 Å². The highest BCUT2D eigenvalue weighted by Gasteiger charge is 2.10. The standard InChI is InChI=1S/C19H24N2O3.ClH/c1-23-16-9-5-10-17(13-16)24-12-6-11-21-19(22)14-18(20)15-7-3-2-4-8-15;/h2-5,7-10,13,18H,6,11-12,14,20H2,1H3,(H,21,22);1H. The highest BCUT2D eigenvalue weighted by atomic mass is 35.5. The summed E-state index contributed by atoms with van der Waals surface area (Å²) in [5.74, 6) is 1.47. The molecule has 0 aliphatic heterocycles. The van der Waals surface area contributed by atoms with Crippen LogP contribution in [0.4, 0.5) is 0 Å². The predicted molar refractivity (Wildman–Crippen MR) is 101 cm³/mol. The van der Waals surface area contributed by atoms with Gasteiger partial charge >= 0.3 is 0 Å². The zero-order valence-electron chi connectivity index (χ0n) is 14.3. The van der Waals surface area contributed by atoms with Crippen molar-refractivity contribution in [1.82, 2.24) is 5.32 Å². The van der Waals surface area contributed by atoms with E-state index in [2.05, 4.69) is 5.32 Å². The molecule has 1 unspecified atom stereocenters. The lowest BCUT2D eigenvalue weighted by Gasteiger charge is -2.12. The maximum atomic E-state index is 11.9. The van der Waals surface area contributed by atoms with Crippen LogP contribution in [0.15, 0.2) is 54.6 Å². The number of halogens is 1. The third kappa shape index (κ3) is 7.45. The third-order valence-corrected chi connectivity index (χ3v) is 3.59. The van der Waals surface area contributed by atoms with Crippen LogP contribution in [-0.4, -0.2) is 26.2 Å². The quantitative estimate of drug-likeness (QED) is 0.670. The van der Waals surface area contributed by atoms with Crippen molar-refractivity contribution in [3.63, 3.8) is 0 Å². The number of nitrogens with one attached hydrogen (secondary N) is 1. The first-order valence-electron chi connectivity index (χ1n) is 8.03. The molecule has 0 aliphatic rings. The predicted octanol–water partition coefficient (Wildman–Crippen LogP) is 3.09. The molecule has 0 spiro atoms. The Morgan fingerprint density at radius 3 is 2.56 bits per heavy atom. The van der Waals surface area contributed by atoms with Gasteiger partial charge in [0.15, 0.2) is 0 Å². The van der Waals surface area contributed by atoms with Crippen molar-refractivity contribution in [2.24, 2.45) is 5.73 Å². The molecule has 0 fully saturated rings. The molecular weight excluding hydrogens is 340 g/mol. The maximum absolute atomic E-state index is 11.9. The molecular formula is C19H25ClN2O3. The fourth-order valence-electron chi connectivity index (χ4n) is 2.27. The molecule has 3 N–H and O–H groups in total. The average Bonchev–Trinajstić information content (AvgIpc) is 2.62. The Morgan fingerprint density at radius 2 is 1.84 bits per heavy atom. The monoisotopic (exact) mass is 364 g/mol. The number of nitrogens with two attached hydrogens (primary N) is 1.